The Balaban J connectivity index is 0.00000341. The Morgan fingerprint density at radius 1 is 1.10 bits per heavy atom. The first kappa shape index (κ1) is 24.9. The van der Waals surface area contributed by atoms with Crippen molar-refractivity contribution in [1.29, 1.82) is 0 Å². The van der Waals surface area contributed by atoms with E-state index in [1.807, 2.05) is 41.4 Å². The number of amides is 1. The van der Waals surface area contributed by atoms with Gasteiger partial charge in [0, 0.05) is 38.6 Å². The molecule has 0 fully saturated rings. The summed E-state index contributed by atoms with van der Waals surface area (Å²) in [6.07, 6.45) is 5.41. The lowest BCUT2D eigenvalue weighted by atomic mass is 10.1. The van der Waals surface area contributed by atoms with Crippen LogP contribution in [0.4, 0.5) is 0 Å². The molecule has 0 spiro atoms. The van der Waals surface area contributed by atoms with Crippen molar-refractivity contribution >= 4 is 47.2 Å². The minimum atomic E-state index is -0.0161. The van der Waals surface area contributed by atoms with Gasteiger partial charge in [-0.15, -0.1) is 35.3 Å². The predicted molar refractivity (Wildman–Crippen MR) is 138 cm³/mol. The van der Waals surface area contributed by atoms with Crippen molar-refractivity contribution in [3.8, 4) is 5.69 Å². The van der Waals surface area contributed by atoms with E-state index in [1.54, 1.807) is 6.20 Å². The summed E-state index contributed by atoms with van der Waals surface area (Å²) >= 11 is 1.45. The molecule has 2 aromatic heterocycles. The van der Waals surface area contributed by atoms with Gasteiger partial charge in [0.25, 0.3) is 5.91 Å². The second-order valence-corrected chi connectivity index (χ2v) is 7.59. The fourth-order valence-corrected chi connectivity index (χ4v) is 3.51. The zero-order chi connectivity index (χ0) is 21.0. The number of rotatable bonds is 10. The summed E-state index contributed by atoms with van der Waals surface area (Å²) in [7, 11) is 0. The van der Waals surface area contributed by atoms with Crippen LogP contribution in [0.1, 0.15) is 28.6 Å². The molecule has 0 aliphatic carbocycles. The minimum Gasteiger partial charge on any atom is -0.357 e. The first-order valence-electron chi connectivity index (χ1n) is 10.2. The lowest BCUT2D eigenvalue weighted by molar-refractivity contribution is 0.0957. The van der Waals surface area contributed by atoms with Crippen LogP contribution in [0.15, 0.2) is 65.2 Å². The highest BCUT2D eigenvalue weighted by Gasteiger charge is 2.04. The van der Waals surface area contributed by atoms with Gasteiger partial charge in [-0.1, -0.05) is 18.2 Å². The monoisotopic (exact) mass is 552 g/mol. The molecule has 0 unspecified atom stereocenters. The van der Waals surface area contributed by atoms with Gasteiger partial charge in [0.2, 0.25) is 0 Å². The Morgan fingerprint density at radius 3 is 2.61 bits per heavy atom. The van der Waals surface area contributed by atoms with Crippen molar-refractivity contribution in [3.05, 3.63) is 70.7 Å². The molecule has 0 bridgehead atoms. The first-order chi connectivity index (χ1) is 14.8. The van der Waals surface area contributed by atoms with Crippen LogP contribution in [0.5, 0.6) is 0 Å². The van der Waals surface area contributed by atoms with Crippen molar-refractivity contribution in [2.75, 3.05) is 26.2 Å². The Morgan fingerprint density at radius 2 is 1.94 bits per heavy atom. The van der Waals surface area contributed by atoms with Crippen LogP contribution in [0.3, 0.4) is 0 Å². The molecule has 0 radical (unpaired) electrons. The van der Waals surface area contributed by atoms with Crippen molar-refractivity contribution < 1.29 is 4.79 Å². The summed E-state index contributed by atoms with van der Waals surface area (Å²) in [6, 6.07) is 14.0. The van der Waals surface area contributed by atoms with Gasteiger partial charge < -0.3 is 16.0 Å². The number of carbonyl (C=O) groups excluding carboxylic acids is 1. The molecule has 3 rings (SSSR count). The molecule has 0 saturated heterocycles. The molecule has 1 amide bonds. The molecule has 3 aromatic rings. The number of carbonyl (C=O) groups is 1. The maximum Gasteiger partial charge on any atom is 0.261 e. The van der Waals surface area contributed by atoms with E-state index in [0.29, 0.717) is 13.1 Å². The Kier molecular flexibility index (Phi) is 11.1. The average Bonchev–Trinajstić information content (AvgIpc) is 3.48. The van der Waals surface area contributed by atoms with E-state index >= 15 is 0 Å². The van der Waals surface area contributed by atoms with Crippen molar-refractivity contribution in [1.82, 2.24) is 25.7 Å². The molecule has 3 N–H and O–H groups in total. The molecule has 31 heavy (non-hydrogen) atoms. The van der Waals surface area contributed by atoms with E-state index in [2.05, 4.69) is 50.3 Å². The highest BCUT2D eigenvalue weighted by Crippen LogP contribution is 2.09. The van der Waals surface area contributed by atoms with Crippen LogP contribution in [0.25, 0.3) is 5.69 Å². The van der Waals surface area contributed by atoms with Crippen molar-refractivity contribution in [2.45, 2.75) is 19.8 Å². The molecule has 0 aliphatic heterocycles. The molecule has 0 aliphatic rings. The fourth-order valence-electron chi connectivity index (χ4n) is 2.87. The third kappa shape index (κ3) is 8.33. The number of benzene rings is 1. The molecule has 0 saturated carbocycles. The second-order valence-electron chi connectivity index (χ2n) is 6.64. The molecule has 166 valence electrons. The van der Waals surface area contributed by atoms with Gasteiger partial charge in [0.05, 0.1) is 10.6 Å². The SMILES string of the molecule is CCNC(=NCCCNC(=O)c1cccs1)NCCc1ccc(-n2cccn2)cc1.I. The number of halogens is 1. The normalized spacial score (nSPS) is 10.9. The van der Waals surface area contributed by atoms with Crippen molar-refractivity contribution in [3.63, 3.8) is 0 Å². The molecule has 7 nitrogen and oxygen atoms in total. The Bertz CT molecular complexity index is 910. The topological polar surface area (TPSA) is 83.3 Å². The van der Waals surface area contributed by atoms with Gasteiger partial charge in [-0.3, -0.25) is 9.79 Å². The summed E-state index contributed by atoms with van der Waals surface area (Å²) in [5.74, 6) is 0.785. The summed E-state index contributed by atoms with van der Waals surface area (Å²) in [5, 5.41) is 15.7. The van der Waals surface area contributed by atoms with E-state index < -0.39 is 0 Å². The maximum atomic E-state index is 11.9. The highest BCUT2D eigenvalue weighted by atomic mass is 127. The predicted octanol–water partition coefficient (Wildman–Crippen LogP) is 3.47. The number of thiophene rings is 1. The van der Waals surface area contributed by atoms with E-state index in [1.165, 1.54) is 16.9 Å². The largest absolute Gasteiger partial charge is 0.357 e. The standard InChI is InChI=1S/C22H28N6OS.HI/c1-2-23-22(25-13-4-12-24-21(29)20-6-3-17-30-20)26-15-11-18-7-9-19(10-8-18)28-16-5-14-27-28;/h3,5-10,14,16-17H,2,4,11-13,15H2,1H3,(H,24,29)(H2,23,25,26);1H. The third-order valence-corrected chi connectivity index (χ3v) is 5.26. The minimum absolute atomic E-state index is 0. The van der Waals surface area contributed by atoms with Gasteiger partial charge in [-0.2, -0.15) is 5.10 Å². The molecule has 0 atom stereocenters. The summed E-state index contributed by atoms with van der Waals surface area (Å²) in [5.41, 5.74) is 2.31. The Hall–Kier alpha value is -2.40. The van der Waals surface area contributed by atoms with E-state index in [9.17, 15) is 4.79 Å². The van der Waals surface area contributed by atoms with Crippen LogP contribution in [0, 0.1) is 0 Å². The van der Waals surface area contributed by atoms with Gasteiger partial charge >= 0.3 is 0 Å². The number of aromatic nitrogens is 2. The van der Waals surface area contributed by atoms with E-state index in [4.69, 9.17) is 0 Å². The zero-order valence-corrected chi connectivity index (χ0v) is 20.7. The Labute approximate surface area is 204 Å². The molecule has 9 heteroatoms. The van der Waals surface area contributed by atoms with Crippen LogP contribution in [-0.2, 0) is 6.42 Å². The smallest absolute Gasteiger partial charge is 0.261 e. The van der Waals surface area contributed by atoms with Crippen LogP contribution < -0.4 is 16.0 Å². The van der Waals surface area contributed by atoms with E-state index in [-0.39, 0.29) is 29.9 Å². The van der Waals surface area contributed by atoms with Gasteiger partial charge in [-0.25, -0.2) is 4.68 Å². The third-order valence-electron chi connectivity index (χ3n) is 4.39. The van der Waals surface area contributed by atoms with Crippen LogP contribution in [0.2, 0.25) is 0 Å². The van der Waals surface area contributed by atoms with Gasteiger partial charge in [0.1, 0.15) is 0 Å². The van der Waals surface area contributed by atoms with Gasteiger partial charge in [0.15, 0.2) is 5.96 Å². The molecular weight excluding hydrogens is 523 g/mol. The maximum absolute atomic E-state index is 11.9. The van der Waals surface area contributed by atoms with E-state index in [0.717, 1.165) is 42.5 Å². The number of hydrogen-bond donors (Lipinski definition) is 3. The average molecular weight is 552 g/mol. The first-order valence-corrected chi connectivity index (χ1v) is 11.1. The second kappa shape index (κ2) is 13.8. The fraction of sp³-hybridized carbons (Fsp3) is 0.318. The van der Waals surface area contributed by atoms with Crippen molar-refractivity contribution in [2.24, 2.45) is 4.99 Å². The summed E-state index contributed by atoms with van der Waals surface area (Å²) in [4.78, 5) is 17.2. The molecular formula is C22H29IN6OS. The number of nitrogens with one attached hydrogen (secondary N) is 3. The number of aliphatic imine (C=N–C) groups is 1. The molecule has 1 aromatic carbocycles. The zero-order valence-electron chi connectivity index (χ0n) is 17.6. The number of guanidine groups is 1. The number of nitrogens with zero attached hydrogens (tertiary/aromatic N) is 3. The lowest BCUT2D eigenvalue weighted by Crippen LogP contribution is -2.38. The quantitative estimate of drug-likeness (QED) is 0.156. The summed E-state index contributed by atoms with van der Waals surface area (Å²) < 4.78 is 1.85. The van der Waals surface area contributed by atoms with Gasteiger partial charge in [-0.05, 0) is 55.0 Å². The summed E-state index contributed by atoms with van der Waals surface area (Å²) in [6.45, 7) is 4.91. The molecule has 2 heterocycles. The van der Waals surface area contributed by atoms with Crippen LogP contribution in [-0.4, -0.2) is 47.8 Å². The number of hydrogen-bond acceptors (Lipinski definition) is 4. The highest BCUT2D eigenvalue weighted by molar-refractivity contribution is 14.0. The van der Waals surface area contributed by atoms with Crippen LogP contribution >= 0.6 is 35.3 Å². The lowest BCUT2D eigenvalue weighted by Gasteiger charge is -2.11.